The molecule has 4 rings (SSSR count). The van der Waals surface area contributed by atoms with Gasteiger partial charge in [-0.2, -0.15) is 0 Å². The van der Waals surface area contributed by atoms with Crippen LogP contribution in [0.2, 0.25) is 0 Å². The minimum absolute atomic E-state index is 0.184. The molecule has 28 heavy (non-hydrogen) atoms. The fourth-order valence-corrected chi connectivity index (χ4v) is 3.64. The van der Waals surface area contributed by atoms with Crippen molar-refractivity contribution in [3.8, 4) is 0 Å². The van der Waals surface area contributed by atoms with Gasteiger partial charge in [-0.15, -0.1) is 5.10 Å². The quantitative estimate of drug-likeness (QED) is 0.711. The van der Waals surface area contributed by atoms with Crippen LogP contribution in [0.3, 0.4) is 0 Å². The second-order valence-electron chi connectivity index (χ2n) is 7.34. The molecular formula is C20H27N5O3. The Morgan fingerprint density at radius 3 is 2.79 bits per heavy atom. The summed E-state index contributed by atoms with van der Waals surface area (Å²) in [5.74, 6) is 0.191. The molecule has 0 aliphatic carbocycles. The minimum Gasteiger partial charge on any atom is -0.379 e. The third-order valence-electron chi connectivity index (χ3n) is 5.27. The second kappa shape index (κ2) is 9.27. The van der Waals surface area contributed by atoms with E-state index >= 15 is 0 Å². The predicted molar refractivity (Wildman–Crippen MR) is 102 cm³/mol. The molecule has 0 spiro atoms. The summed E-state index contributed by atoms with van der Waals surface area (Å²) in [5, 5.41) is 8.47. The number of rotatable bonds is 7. The molecule has 2 saturated heterocycles. The Labute approximate surface area is 165 Å². The van der Waals surface area contributed by atoms with E-state index < -0.39 is 0 Å². The third kappa shape index (κ3) is 4.95. The number of amides is 1. The summed E-state index contributed by atoms with van der Waals surface area (Å²) in [6.07, 6.45) is 2.84. The minimum atomic E-state index is 0.184. The van der Waals surface area contributed by atoms with E-state index in [0.29, 0.717) is 39.5 Å². The van der Waals surface area contributed by atoms with Crippen LogP contribution in [0.15, 0.2) is 36.5 Å². The fraction of sp³-hybridized carbons (Fsp3) is 0.550. The lowest BCUT2D eigenvalue weighted by Crippen LogP contribution is -2.44. The molecule has 1 aromatic heterocycles. The van der Waals surface area contributed by atoms with Crippen molar-refractivity contribution < 1.29 is 14.3 Å². The number of benzene rings is 1. The highest BCUT2D eigenvalue weighted by atomic mass is 16.5. The molecule has 0 N–H and O–H groups in total. The van der Waals surface area contributed by atoms with Gasteiger partial charge in [-0.3, -0.25) is 9.69 Å². The first-order valence-corrected chi connectivity index (χ1v) is 9.88. The zero-order valence-corrected chi connectivity index (χ0v) is 16.1. The molecule has 1 amide bonds. The molecule has 0 bridgehead atoms. The lowest BCUT2D eigenvalue weighted by Gasteiger charge is -2.28. The van der Waals surface area contributed by atoms with Crippen molar-refractivity contribution in [2.24, 2.45) is 0 Å². The molecule has 0 radical (unpaired) electrons. The zero-order valence-electron chi connectivity index (χ0n) is 16.1. The van der Waals surface area contributed by atoms with Crippen molar-refractivity contribution in [3.05, 3.63) is 47.8 Å². The van der Waals surface area contributed by atoms with Gasteiger partial charge in [0.05, 0.1) is 45.2 Å². The number of hydrogen-bond acceptors (Lipinski definition) is 6. The maximum absolute atomic E-state index is 12.5. The Balaban J connectivity index is 1.23. The molecule has 2 aromatic rings. The fourth-order valence-electron chi connectivity index (χ4n) is 3.64. The van der Waals surface area contributed by atoms with Gasteiger partial charge in [0.2, 0.25) is 5.91 Å². The van der Waals surface area contributed by atoms with Gasteiger partial charge in [0.15, 0.2) is 0 Å². The first kappa shape index (κ1) is 19.0. The van der Waals surface area contributed by atoms with Gasteiger partial charge in [-0.1, -0.05) is 35.5 Å². The number of morpholine rings is 1. The van der Waals surface area contributed by atoms with Gasteiger partial charge in [0, 0.05) is 26.2 Å². The van der Waals surface area contributed by atoms with Crippen LogP contribution in [0.1, 0.15) is 23.7 Å². The molecule has 1 atom stereocenters. The topological polar surface area (TPSA) is 72.7 Å². The number of likely N-dealkylation sites (tertiary alicyclic amines) is 1. The highest BCUT2D eigenvalue weighted by Crippen LogP contribution is 2.21. The zero-order chi connectivity index (χ0) is 19.2. The van der Waals surface area contributed by atoms with E-state index in [-0.39, 0.29) is 11.9 Å². The van der Waals surface area contributed by atoms with Crippen LogP contribution in [0.25, 0.3) is 0 Å². The SMILES string of the molecule is O=C(CN1CCOCC1)N1CCC(n2cc(COCc3ccccc3)nn2)C1. The number of nitrogens with zero attached hydrogens (tertiary/aromatic N) is 5. The summed E-state index contributed by atoms with van der Waals surface area (Å²) >= 11 is 0. The van der Waals surface area contributed by atoms with E-state index in [2.05, 4.69) is 15.2 Å². The largest absolute Gasteiger partial charge is 0.379 e. The highest BCUT2D eigenvalue weighted by Gasteiger charge is 2.29. The van der Waals surface area contributed by atoms with Gasteiger partial charge in [0.1, 0.15) is 5.69 Å². The average molecular weight is 385 g/mol. The smallest absolute Gasteiger partial charge is 0.236 e. The van der Waals surface area contributed by atoms with Crippen molar-refractivity contribution in [1.29, 1.82) is 0 Å². The predicted octanol–water partition coefficient (Wildman–Crippen LogP) is 1.10. The Hall–Kier alpha value is -2.29. The monoisotopic (exact) mass is 385 g/mol. The summed E-state index contributed by atoms with van der Waals surface area (Å²) in [6.45, 7) is 6.02. The van der Waals surface area contributed by atoms with E-state index in [1.54, 1.807) is 0 Å². The first-order valence-electron chi connectivity index (χ1n) is 9.88. The molecule has 0 saturated carbocycles. The molecule has 2 fully saturated rings. The highest BCUT2D eigenvalue weighted by molar-refractivity contribution is 5.78. The summed E-state index contributed by atoms with van der Waals surface area (Å²) < 4.78 is 12.9. The van der Waals surface area contributed by atoms with Crippen molar-refractivity contribution in [1.82, 2.24) is 24.8 Å². The van der Waals surface area contributed by atoms with Gasteiger partial charge in [0.25, 0.3) is 0 Å². The number of carbonyl (C=O) groups is 1. The summed E-state index contributed by atoms with van der Waals surface area (Å²) in [6, 6.07) is 10.3. The normalized spacial score (nSPS) is 20.6. The number of ether oxygens (including phenoxy) is 2. The lowest BCUT2D eigenvalue weighted by atomic mass is 10.2. The van der Waals surface area contributed by atoms with Crippen molar-refractivity contribution in [3.63, 3.8) is 0 Å². The van der Waals surface area contributed by atoms with Gasteiger partial charge < -0.3 is 14.4 Å². The molecule has 2 aliphatic heterocycles. The van der Waals surface area contributed by atoms with Gasteiger partial charge in [-0.05, 0) is 12.0 Å². The van der Waals surface area contributed by atoms with Crippen LogP contribution in [0.5, 0.6) is 0 Å². The van der Waals surface area contributed by atoms with Gasteiger partial charge >= 0.3 is 0 Å². The maximum atomic E-state index is 12.5. The molecule has 150 valence electrons. The van der Waals surface area contributed by atoms with E-state index in [4.69, 9.17) is 9.47 Å². The van der Waals surface area contributed by atoms with E-state index in [0.717, 1.165) is 37.3 Å². The third-order valence-corrected chi connectivity index (χ3v) is 5.27. The number of hydrogen-bond donors (Lipinski definition) is 0. The van der Waals surface area contributed by atoms with E-state index in [9.17, 15) is 4.79 Å². The average Bonchev–Trinajstić information content (AvgIpc) is 3.39. The molecule has 1 aromatic carbocycles. The van der Waals surface area contributed by atoms with Crippen LogP contribution in [0.4, 0.5) is 0 Å². The first-order chi connectivity index (χ1) is 13.8. The molecule has 8 nitrogen and oxygen atoms in total. The Morgan fingerprint density at radius 2 is 1.96 bits per heavy atom. The van der Waals surface area contributed by atoms with Crippen LogP contribution >= 0.6 is 0 Å². The van der Waals surface area contributed by atoms with Crippen LogP contribution < -0.4 is 0 Å². The molecule has 8 heteroatoms. The van der Waals surface area contributed by atoms with Crippen LogP contribution in [-0.4, -0.2) is 76.6 Å². The summed E-state index contributed by atoms with van der Waals surface area (Å²) in [5.41, 5.74) is 1.95. The molecule has 1 unspecified atom stereocenters. The van der Waals surface area contributed by atoms with Crippen molar-refractivity contribution in [2.45, 2.75) is 25.7 Å². The van der Waals surface area contributed by atoms with Crippen molar-refractivity contribution >= 4 is 5.91 Å². The maximum Gasteiger partial charge on any atom is 0.236 e. The molecule has 3 heterocycles. The summed E-state index contributed by atoms with van der Waals surface area (Å²) in [7, 11) is 0. The Kier molecular flexibility index (Phi) is 6.31. The van der Waals surface area contributed by atoms with Crippen LogP contribution in [-0.2, 0) is 27.5 Å². The van der Waals surface area contributed by atoms with Crippen LogP contribution in [0, 0.1) is 0 Å². The van der Waals surface area contributed by atoms with Crippen molar-refractivity contribution in [2.75, 3.05) is 45.9 Å². The number of carbonyl (C=O) groups excluding carboxylic acids is 1. The second-order valence-corrected chi connectivity index (χ2v) is 7.34. The number of aromatic nitrogens is 3. The lowest BCUT2D eigenvalue weighted by molar-refractivity contribution is -0.132. The Morgan fingerprint density at radius 1 is 1.14 bits per heavy atom. The summed E-state index contributed by atoms with van der Waals surface area (Å²) in [4.78, 5) is 16.7. The van der Waals surface area contributed by atoms with E-state index in [1.807, 2.05) is 46.1 Å². The Bertz CT molecular complexity index is 760. The molecular weight excluding hydrogens is 358 g/mol. The molecule has 2 aliphatic rings. The van der Waals surface area contributed by atoms with E-state index in [1.165, 1.54) is 0 Å². The standard InChI is InChI=1S/C20H27N5O3/c26-20(14-23-8-10-27-11-9-23)24-7-6-19(13-24)25-12-18(21-22-25)16-28-15-17-4-2-1-3-5-17/h1-5,12,19H,6-11,13-16H2. The van der Waals surface area contributed by atoms with Gasteiger partial charge in [-0.25, -0.2) is 4.68 Å².